The Morgan fingerprint density at radius 2 is 1.90 bits per heavy atom. The maximum absolute atomic E-state index is 13.2. The van der Waals surface area contributed by atoms with E-state index < -0.39 is 17.6 Å². The monoisotopic (exact) mass is 297 g/mol. The molecule has 2 rings (SSSR count). The molecule has 0 spiro atoms. The number of halogens is 2. The van der Waals surface area contributed by atoms with Crippen LogP contribution < -0.4 is 5.73 Å². The molecule has 2 unspecified atom stereocenters. The molecule has 116 valence electrons. The van der Waals surface area contributed by atoms with E-state index in [1.54, 1.807) is 0 Å². The summed E-state index contributed by atoms with van der Waals surface area (Å²) >= 11 is 0. The molecule has 2 atom stereocenters. The molecule has 1 saturated carbocycles. The zero-order valence-corrected chi connectivity index (χ0v) is 12.6. The fourth-order valence-corrected chi connectivity index (χ4v) is 3.30. The summed E-state index contributed by atoms with van der Waals surface area (Å²) in [6, 6.07) is 1.60. The molecule has 0 saturated heterocycles. The first-order valence-electron chi connectivity index (χ1n) is 7.13. The fourth-order valence-electron chi connectivity index (χ4n) is 3.30. The second-order valence-corrected chi connectivity index (χ2v) is 6.79. The maximum atomic E-state index is 13.2. The van der Waals surface area contributed by atoms with Gasteiger partial charge in [-0.05, 0) is 36.7 Å². The molecule has 5 heteroatoms. The molecule has 21 heavy (non-hydrogen) atoms. The Balaban J connectivity index is 2.13. The minimum atomic E-state index is -1.10. The predicted molar refractivity (Wildman–Crippen MR) is 76.8 cm³/mol. The number of nitrogens with two attached hydrogens (primary N) is 1. The van der Waals surface area contributed by atoms with Gasteiger partial charge in [0.2, 0.25) is 0 Å². The van der Waals surface area contributed by atoms with Crippen molar-refractivity contribution in [3.05, 3.63) is 29.3 Å². The predicted octanol–water partition coefficient (Wildman–Crippen LogP) is 3.92. The highest BCUT2D eigenvalue weighted by molar-refractivity contribution is 5.95. The summed E-state index contributed by atoms with van der Waals surface area (Å²) in [5.41, 5.74) is 5.44. The minimum absolute atomic E-state index is 0.0994. The number of carbonyl (C=O) groups is 1. The van der Waals surface area contributed by atoms with Gasteiger partial charge in [0.05, 0.1) is 5.56 Å². The van der Waals surface area contributed by atoms with E-state index >= 15 is 0 Å². The summed E-state index contributed by atoms with van der Waals surface area (Å²) in [4.78, 5) is 12.1. The number of hydrogen-bond acceptors (Lipinski definition) is 3. The van der Waals surface area contributed by atoms with Crippen LogP contribution in [0.3, 0.4) is 0 Å². The molecule has 0 radical (unpaired) electrons. The van der Waals surface area contributed by atoms with Gasteiger partial charge in [-0.15, -0.1) is 0 Å². The van der Waals surface area contributed by atoms with Crippen LogP contribution >= 0.6 is 0 Å². The molecule has 2 N–H and O–H groups in total. The lowest BCUT2D eigenvalue weighted by Gasteiger charge is -2.38. The van der Waals surface area contributed by atoms with Gasteiger partial charge in [0.25, 0.3) is 0 Å². The van der Waals surface area contributed by atoms with Crippen molar-refractivity contribution in [2.24, 2.45) is 11.3 Å². The van der Waals surface area contributed by atoms with Crippen molar-refractivity contribution >= 4 is 11.7 Å². The third-order valence-electron chi connectivity index (χ3n) is 3.93. The number of benzene rings is 1. The van der Waals surface area contributed by atoms with E-state index in [4.69, 9.17) is 10.5 Å². The Morgan fingerprint density at radius 3 is 2.52 bits per heavy atom. The van der Waals surface area contributed by atoms with E-state index in [0.29, 0.717) is 5.92 Å². The smallest absolute Gasteiger partial charge is 0.340 e. The van der Waals surface area contributed by atoms with Gasteiger partial charge in [-0.3, -0.25) is 0 Å². The first-order chi connectivity index (χ1) is 9.68. The number of nitrogen functional groups attached to an aromatic ring is 1. The molecule has 1 aromatic rings. The van der Waals surface area contributed by atoms with E-state index in [9.17, 15) is 13.6 Å². The van der Waals surface area contributed by atoms with Crippen LogP contribution in [0, 0.1) is 23.0 Å². The summed E-state index contributed by atoms with van der Waals surface area (Å²) in [6.07, 6.45) is 2.39. The topological polar surface area (TPSA) is 52.3 Å². The summed E-state index contributed by atoms with van der Waals surface area (Å²) in [7, 11) is 0. The molecule has 1 fully saturated rings. The van der Waals surface area contributed by atoms with Gasteiger partial charge in [-0.2, -0.15) is 0 Å². The first kappa shape index (κ1) is 15.7. The van der Waals surface area contributed by atoms with Gasteiger partial charge in [-0.1, -0.05) is 20.8 Å². The molecule has 1 aliphatic rings. The van der Waals surface area contributed by atoms with E-state index in [2.05, 4.69) is 20.8 Å². The molecule has 0 heterocycles. The average Bonchev–Trinajstić information content (AvgIpc) is 2.30. The number of ether oxygens (including phenoxy) is 1. The van der Waals surface area contributed by atoms with Crippen LogP contribution in [0.25, 0.3) is 0 Å². The molecule has 1 aliphatic carbocycles. The number of carbonyl (C=O) groups excluding carboxylic acids is 1. The van der Waals surface area contributed by atoms with E-state index in [-0.39, 0.29) is 22.8 Å². The Morgan fingerprint density at radius 1 is 1.29 bits per heavy atom. The Kier molecular flexibility index (Phi) is 4.21. The van der Waals surface area contributed by atoms with Crippen molar-refractivity contribution < 1.29 is 18.3 Å². The van der Waals surface area contributed by atoms with Crippen LogP contribution in [0.1, 0.15) is 50.4 Å². The highest BCUT2D eigenvalue weighted by Crippen LogP contribution is 2.40. The summed E-state index contributed by atoms with van der Waals surface area (Å²) in [5, 5.41) is 0. The first-order valence-corrected chi connectivity index (χ1v) is 7.13. The molecule has 0 bridgehead atoms. The number of esters is 1. The van der Waals surface area contributed by atoms with Gasteiger partial charge in [0.1, 0.15) is 6.10 Å². The van der Waals surface area contributed by atoms with Crippen molar-refractivity contribution in [2.75, 3.05) is 5.73 Å². The Bertz CT molecular complexity index is 557. The van der Waals surface area contributed by atoms with Gasteiger partial charge in [0, 0.05) is 11.8 Å². The molecule has 3 nitrogen and oxygen atoms in total. The Hall–Kier alpha value is -1.65. The van der Waals surface area contributed by atoms with E-state index in [1.807, 2.05) is 0 Å². The second-order valence-electron chi connectivity index (χ2n) is 6.79. The third-order valence-corrected chi connectivity index (χ3v) is 3.93. The molecular formula is C16H21F2NO2. The van der Waals surface area contributed by atoms with Crippen LogP contribution in [0.2, 0.25) is 0 Å². The third kappa shape index (κ3) is 3.71. The highest BCUT2D eigenvalue weighted by atomic mass is 19.2. The summed E-state index contributed by atoms with van der Waals surface area (Å²) in [6.45, 7) is 6.39. The van der Waals surface area contributed by atoms with Gasteiger partial charge >= 0.3 is 5.97 Å². The lowest BCUT2D eigenvalue weighted by atomic mass is 9.71. The summed E-state index contributed by atoms with van der Waals surface area (Å²) < 4.78 is 31.7. The number of rotatable bonds is 2. The average molecular weight is 297 g/mol. The quantitative estimate of drug-likeness (QED) is 0.665. The molecule has 1 aromatic carbocycles. The standard InChI is InChI=1S/C16H21F2NO2/c1-9-4-10(8-16(2,3)7-9)21-15(20)11-5-12(17)13(18)6-14(11)19/h5-6,9-10H,4,7-8,19H2,1-3H3. The minimum Gasteiger partial charge on any atom is -0.459 e. The van der Waals surface area contributed by atoms with E-state index in [0.717, 1.165) is 31.4 Å². The lowest BCUT2D eigenvalue weighted by molar-refractivity contribution is -0.00709. The van der Waals surface area contributed by atoms with E-state index in [1.165, 1.54) is 0 Å². The van der Waals surface area contributed by atoms with Crippen molar-refractivity contribution in [1.82, 2.24) is 0 Å². The summed E-state index contributed by atoms with van der Waals surface area (Å²) in [5.74, 6) is -2.42. The second kappa shape index (κ2) is 5.62. The van der Waals surface area contributed by atoms with Gasteiger partial charge in [-0.25, -0.2) is 13.6 Å². The number of hydrogen-bond donors (Lipinski definition) is 1. The molecule has 0 aromatic heterocycles. The van der Waals surface area contributed by atoms with Crippen molar-refractivity contribution in [2.45, 2.75) is 46.1 Å². The van der Waals surface area contributed by atoms with Gasteiger partial charge in [0.15, 0.2) is 11.6 Å². The SMILES string of the molecule is CC1CC(OC(=O)c2cc(F)c(F)cc2N)CC(C)(C)C1. The van der Waals surface area contributed by atoms with Crippen LogP contribution in [-0.2, 0) is 4.74 Å². The normalized spacial score (nSPS) is 24.6. The Labute approximate surface area is 123 Å². The molecule has 0 aliphatic heterocycles. The van der Waals surface area contributed by atoms with Crippen molar-refractivity contribution in [3.8, 4) is 0 Å². The zero-order chi connectivity index (χ0) is 15.8. The van der Waals surface area contributed by atoms with Crippen molar-refractivity contribution in [1.29, 1.82) is 0 Å². The van der Waals surface area contributed by atoms with Crippen LogP contribution in [-0.4, -0.2) is 12.1 Å². The van der Waals surface area contributed by atoms with Gasteiger partial charge < -0.3 is 10.5 Å². The molecule has 0 amide bonds. The fraction of sp³-hybridized carbons (Fsp3) is 0.562. The lowest BCUT2D eigenvalue weighted by Crippen LogP contribution is -2.34. The molecular weight excluding hydrogens is 276 g/mol. The van der Waals surface area contributed by atoms with Crippen LogP contribution in [0.4, 0.5) is 14.5 Å². The maximum Gasteiger partial charge on any atom is 0.340 e. The highest BCUT2D eigenvalue weighted by Gasteiger charge is 2.34. The largest absolute Gasteiger partial charge is 0.459 e. The number of anilines is 1. The van der Waals surface area contributed by atoms with Crippen molar-refractivity contribution in [3.63, 3.8) is 0 Å². The zero-order valence-electron chi connectivity index (χ0n) is 12.6. The van der Waals surface area contributed by atoms with Crippen LogP contribution in [0.15, 0.2) is 12.1 Å². The van der Waals surface area contributed by atoms with Crippen LogP contribution in [0.5, 0.6) is 0 Å².